The predicted octanol–water partition coefficient (Wildman–Crippen LogP) is 1.98. The number of ketones is 1. The lowest BCUT2D eigenvalue weighted by Gasteiger charge is -2.20. The zero-order chi connectivity index (χ0) is 14.0. The minimum absolute atomic E-state index is 0.0795. The Morgan fingerprint density at radius 2 is 1.83 bits per heavy atom. The van der Waals surface area contributed by atoms with Crippen LogP contribution in [0.4, 0.5) is 0 Å². The molecule has 0 aromatic rings. The average Bonchev–Trinajstić information content (AvgIpc) is 2.32. The van der Waals surface area contributed by atoms with Crippen LogP contribution in [0.2, 0.25) is 0 Å². The third kappa shape index (κ3) is 9.16. The smallest absolute Gasteiger partial charge is 0.234 e. The van der Waals surface area contributed by atoms with Crippen molar-refractivity contribution in [3.63, 3.8) is 0 Å². The highest BCUT2D eigenvalue weighted by atomic mass is 16.2. The van der Waals surface area contributed by atoms with E-state index < -0.39 is 0 Å². The molecule has 0 aliphatic carbocycles. The molecule has 0 saturated heterocycles. The van der Waals surface area contributed by atoms with Crippen molar-refractivity contribution in [2.75, 3.05) is 20.1 Å². The van der Waals surface area contributed by atoms with Crippen molar-refractivity contribution in [2.24, 2.45) is 0 Å². The first kappa shape index (κ1) is 17.1. The molecule has 106 valence electrons. The van der Waals surface area contributed by atoms with Gasteiger partial charge >= 0.3 is 0 Å². The lowest BCUT2D eigenvalue weighted by atomic mass is 10.1. The number of nitrogens with one attached hydrogen (secondary N) is 1. The topological polar surface area (TPSA) is 49.4 Å². The summed E-state index contributed by atoms with van der Waals surface area (Å²) in [5.41, 5.74) is 0. The van der Waals surface area contributed by atoms with Gasteiger partial charge in [0, 0.05) is 25.4 Å². The molecule has 0 bridgehead atoms. The molecule has 18 heavy (non-hydrogen) atoms. The molecule has 0 unspecified atom stereocenters. The van der Waals surface area contributed by atoms with Gasteiger partial charge < -0.3 is 5.32 Å². The van der Waals surface area contributed by atoms with E-state index in [1.807, 2.05) is 18.9 Å². The summed E-state index contributed by atoms with van der Waals surface area (Å²) in [6.07, 6.45) is 4.22. The molecule has 0 aliphatic rings. The number of likely N-dealkylation sites (N-methyl/N-ethyl adjacent to an activating group) is 1. The Morgan fingerprint density at radius 3 is 2.39 bits per heavy atom. The van der Waals surface area contributed by atoms with Gasteiger partial charge in [0.15, 0.2) is 0 Å². The highest BCUT2D eigenvalue weighted by Gasteiger charge is 2.08. The normalized spacial score (nSPS) is 11.0. The quantitative estimate of drug-likeness (QED) is 0.608. The lowest BCUT2D eigenvalue weighted by Crippen LogP contribution is -2.38. The fourth-order valence-electron chi connectivity index (χ4n) is 1.49. The number of hydrogen-bond donors (Lipinski definition) is 1. The Hall–Kier alpha value is -0.900. The van der Waals surface area contributed by atoms with Gasteiger partial charge in [-0.3, -0.25) is 14.5 Å². The van der Waals surface area contributed by atoms with Crippen molar-refractivity contribution < 1.29 is 9.59 Å². The summed E-state index contributed by atoms with van der Waals surface area (Å²) in [4.78, 5) is 24.6. The number of amides is 1. The molecule has 1 amide bonds. The van der Waals surface area contributed by atoms with Crippen LogP contribution < -0.4 is 5.32 Å². The number of rotatable bonds is 10. The maximum atomic E-state index is 11.5. The van der Waals surface area contributed by atoms with Crippen LogP contribution >= 0.6 is 0 Å². The minimum Gasteiger partial charge on any atom is -0.355 e. The van der Waals surface area contributed by atoms with E-state index in [-0.39, 0.29) is 5.91 Å². The summed E-state index contributed by atoms with van der Waals surface area (Å²) in [5.74, 6) is 0.411. The molecule has 0 aliphatic heterocycles. The zero-order valence-electron chi connectivity index (χ0n) is 12.3. The third-order valence-electron chi connectivity index (χ3n) is 3.12. The van der Waals surface area contributed by atoms with Gasteiger partial charge in [0.25, 0.3) is 0 Å². The molecule has 0 radical (unpaired) electrons. The van der Waals surface area contributed by atoms with Crippen LogP contribution in [0, 0.1) is 0 Å². The molecule has 0 aromatic heterocycles. The van der Waals surface area contributed by atoms with E-state index >= 15 is 0 Å². The molecule has 0 atom stereocenters. The van der Waals surface area contributed by atoms with E-state index in [2.05, 4.69) is 19.2 Å². The molecular weight excluding hydrogens is 228 g/mol. The number of carbonyl (C=O) groups is 2. The van der Waals surface area contributed by atoms with E-state index in [9.17, 15) is 9.59 Å². The summed E-state index contributed by atoms with van der Waals surface area (Å²) in [7, 11) is 1.95. The van der Waals surface area contributed by atoms with Crippen LogP contribution in [0.25, 0.3) is 0 Å². The van der Waals surface area contributed by atoms with Crippen molar-refractivity contribution in [2.45, 2.75) is 58.9 Å². The Labute approximate surface area is 111 Å². The zero-order valence-corrected chi connectivity index (χ0v) is 12.3. The monoisotopic (exact) mass is 256 g/mol. The van der Waals surface area contributed by atoms with E-state index in [1.165, 1.54) is 0 Å². The summed E-state index contributed by atoms with van der Waals surface area (Å²) in [5, 5.41) is 2.91. The van der Waals surface area contributed by atoms with Crippen molar-refractivity contribution in [3.8, 4) is 0 Å². The molecule has 0 saturated carbocycles. The van der Waals surface area contributed by atoms with Crippen LogP contribution in [-0.2, 0) is 9.59 Å². The first-order valence-corrected chi connectivity index (χ1v) is 6.96. The third-order valence-corrected chi connectivity index (χ3v) is 3.12. The SMILES string of the molecule is CCC(=O)CCCCCNC(=O)CN(C)C(C)C. The van der Waals surface area contributed by atoms with Crippen molar-refractivity contribution >= 4 is 11.7 Å². The second-order valence-electron chi connectivity index (χ2n) is 5.06. The summed E-state index contributed by atoms with van der Waals surface area (Å²) in [6, 6.07) is 0.385. The van der Waals surface area contributed by atoms with Gasteiger partial charge in [0.05, 0.1) is 6.54 Å². The molecule has 4 heteroatoms. The number of nitrogens with zero attached hydrogens (tertiary/aromatic N) is 1. The molecule has 0 heterocycles. The standard InChI is InChI=1S/C14H28N2O2/c1-5-13(17)9-7-6-8-10-15-14(18)11-16(4)12(2)3/h12H,5-11H2,1-4H3,(H,15,18). The van der Waals surface area contributed by atoms with Crippen LogP contribution in [0.5, 0.6) is 0 Å². The lowest BCUT2D eigenvalue weighted by molar-refractivity contribution is -0.122. The second-order valence-corrected chi connectivity index (χ2v) is 5.06. The van der Waals surface area contributed by atoms with Gasteiger partial charge in [-0.25, -0.2) is 0 Å². The summed E-state index contributed by atoms with van der Waals surface area (Å²) in [6.45, 7) is 7.20. The molecule has 0 fully saturated rings. The van der Waals surface area contributed by atoms with E-state index in [0.29, 0.717) is 37.8 Å². The van der Waals surface area contributed by atoms with Crippen LogP contribution in [-0.4, -0.2) is 42.8 Å². The fourth-order valence-corrected chi connectivity index (χ4v) is 1.49. The Morgan fingerprint density at radius 1 is 1.17 bits per heavy atom. The molecule has 0 rings (SSSR count). The summed E-state index contributed by atoms with van der Waals surface area (Å²) >= 11 is 0. The van der Waals surface area contributed by atoms with E-state index in [1.54, 1.807) is 0 Å². The second kappa shape index (κ2) is 10.1. The maximum absolute atomic E-state index is 11.5. The number of hydrogen-bond acceptors (Lipinski definition) is 3. The van der Waals surface area contributed by atoms with Gasteiger partial charge in [0.2, 0.25) is 5.91 Å². The molecule has 1 N–H and O–H groups in total. The van der Waals surface area contributed by atoms with Gasteiger partial charge in [0.1, 0.15) is 5.78 Å². The Balaban J connectivity index is 3.44. The Kier molecular flexibility index (Phi) is 9.56. The van der Waals surface area contributed by atoms with Crippen molar-refractivity contribution in [1.82, 2.24) is 10.2 Å². The van der Waals surface area contributed by atoms with Gasteiger partial charge in [-0.15, -0.1) is 0 Å². The van der Waals surface area contributed by atoms with E-state index in [0.717, 1.165) is 19.3 Å². The van der Waals surface area contributed by atoms with Crippen molar-refractivity contribution in [1.29, 1.82) is 0 Å². The van der Waals surface area contributed by atoms with Crippen LogP contribution in [0.3, 0.4) is 0 Å². The first-order chi connectivity index (χ1) is 8.47. The maximum Gasteiger partial charge on any atom is 0.234 e. The summed E-state index contributed by atoms with van der Waals surface area (Å²) < 4.78 is 0. The minimum atomic E-state index is 0.0795. The molecular formula is C14H28N2O2. The van der Waals surface area contributed by atoms with Crippen LogP contribution in [0.1, 0.15) is 52.9 Å². The van der Waals surface area contributed by atoms with Gasteiger partial charge in [-0.2, -0.15) is 0 Å². The number of carbonyl (C=O) groups excluding carboxylic acids is 2. The van der Waals surface area contributed by atoms with E-state index in [4.69, 9.17) is 0 Å². The highest BCUT2D eigenvalue weighted by molar-refractivity contribution is 5.78. The Bertz CT molecular complexity index is 252. The van der Waals surface area contributed by atoms with Crippen LogP contribution in [0.15, 0.2) is 0 Å². The fraction of sp³-hybridized carbons (Fsp3) is 0.857. The van der Waals surface area contributed by atoms with Crippen molar-refractivity contribution in [3.05, 3.63) is 0 Å². The molecule has 0 aromatic carbocycles. The average molecular weight is 256 g/mol. The number of Topliss-reactive ketones (excluding diaryl/α,β-unsaturated/α-hetero) is 1. The highest BCUT2D eigenvalue weighted by Crippen LogP contribution is 2.01. The number of unbranched alkanes of at least 4 members (excludes halogenated alkanes) is 2. The van der Waals surface area contributed by atoms with Gasteiger partial charge in [-0.05, 0) is 33.7 Å². The first-order valence-electron chi connectivity index (χ1n) is 6.96. The molecule has 0 spiro atoms. The largest absolute Gasteiger partial charge is 0.355 e. The predicted molar refractivity (Wildman–Crippen MR) is 74.5 cm³/mol. The van der Waals surface area contributed by atoms with Gasteiger partial charge in [-0.1, -0.05) is 13.3 Å². The molecule has 4 nitrogen and oxygen atoms in total.